The van der Waals surface area contributed by atoms with Crippen molar-refractivity contribution in [2.24, 2.45) is 0 Å². The Morgan fingerprint density at radius 3 is 2.38 bits per heavy atom. The van der Waals surface area contributed by atoms with Gasteiger partial charge in [-0.2, -0.15) is 0 Å². The summed E-state index contributed by atoms with van der Waals surface area (Å²) in [7, 11) is 0. The van der Waals surface area contributed by atoms with Crippen molar-refractivity contribution >= 4 is 11.6 Å². The van der Waals surface area contributed by atoms with E-state index < -0.39 is 0 Å². The lowest BCUT2D eigenvalue weighted by molar-refractivity contribution is 0.163. The quantitative estimate of drug-likeness (QED) is 0.847. The van der Waals surface area contributed by atoms with Crippen molar-refractivity contribution in [2.75, 3.05) is 6.61 Å². The highest BCUT2D eigenvalue weighted by Gasteiger charge is 2.32. The Labute approximate surface area is 102 Å². The molecular formula is C13H18ClNO. The van der Waals surface area contributed by atoms with E-state index in [1.165, 1.54) is 18.4 Å². The van der Waals surface area contributed by atoms with E-state index in [4.69, 9.17) is 11.6 Å². The highest BCUT2D eigenvalue weighted by molar-refractivity contribution is 6.30. The normalized spacial score (nSPS) is 18.9. The number of hydrogen-bond donors (Lipinski definition) is 2. The summed E-state index contributed by atoms with van der Waals surface area (Å²) in [5.41, 5.74) is 1.17. The average Bonchev–Trinajstić information content (AvgIpc) is 2.78. The molecule has 1 fully saturated rings. The Morgan fingerprint density at radius 2 is 1.81 bits per heavy atom. The van der Waals surface area contributed by atoms with Gasteiger partial charge in [-0.05, 0) is 30.5 Å². The maximum absolute atomic E-state index is 9.46. The zero-order valence-corrected chi connectivity index (χ0v) is 10.1. The van der Waals surface area contributed by atoms with Crippen LogP contribution in [0.3, 0.4) is 0 Å². The molecule has 2 N–H and O–H groups in total. The number of benzene rings is 1. The molecule has 1 saturated carbocycles. The highest BCUT2D eigenvalue weighted by Crippen LogP contribution is 2.29. The van der Waals surface area contributed by atoms with Gasteiger partial charge in [-0.1, -0.05) is 36.6 Å². The molecule has 0 amide bonds. The van der Waals surface area contributed by atoms with Gasteiger partial charge in [-0.15, -0.1) is 0 Å². The maximum Gasteiger partial charge on any atom is 0.0613 e. The topological polar surface area (TPSA) is 32.3 Å². The third-order valence-electron chi connectivity index (χ3n) is 3.44. The van der Waals surface area contributed by atoms with Crippen molar-refractivity contribution in [2.45, 2.75) is 37.8 Å². The van der Waals surface area contributed by atoms with Crippen LogP contribution in [0.5, 0.6) is 0 Å². The molecule has 3 heteroatoms. The molecule has 88 valence electrons. The van der Waals surface area contributed by atoms with Crippen molar-refractivity contribution < 1.29 is 5.11 Å². The molecule has 2 rings (SSSR count). The van der Waals surface area contributed by atoms with Crippen molar-refractivity contribution in [3.63, 3.8) is 0 Å². The Morgan fingerprint density at radius 1 is 1.19 bits per heavy atom. The van der Waals surface area contributed by atoms with E-state index in [0.29, 0.717) is 0 Å². The van der Waals surface area contributed by atoms with Gasteiger partial charge < -0.3 is 10.4 Å². The van der Waals surface area contributed by atoms with Gasteiger partial charge in [0, 0.05) is 17.1 Å². The fourth-order valence-electron chi connectivity index (χ4n) is 2.33. The van der Waals surface area contributed by atoms with E-state index in [9.17, 15) is 5.11 Å². The smallest absolute Gasteiger partial charge is 0.0613 e. The summed E-state index contributed by atoms with van der Waals surface area (Å²) in [6, 6.07) is 7.85. The SMILES string of the molecule is OCC1(NCc2ccc(Cl)cc2)CCCC1. The van der Waals surface area contributed by atoms with Gasteiger partial charge in [-0.25, -0.2) is 0 Å². The maximum atomic E-state index is 9.46. The largest absolute Gasteiger partial charge is 0.394 e. The van der Waals surface area contributed by atoms with Crippen LogP contribution in [0.4, 0.5) is 0 Å². The molecule has 0 aromatic heterocycles. The Bertz CT molecular complexity index is 330. The van der Waals surface area contributed by atoms with Crippen molar-refractivity contribution in [3.8, 4) is 0 Å². The number of aliphatic hydroxyl groups is 1. The predicted molar refractivity (Wildman–Crippen MR) is 66.6 cm³/mol. The third kappa shape index (κ3) is 2.76. The minimum Gasteiger partial charge on any atom is -0.394 e. The molecule has 0 saturated heterocycles. The number of aliphatic hydroxyl groups excluding tert-OH is 1. The van der Waals surface area contributed by atoms with Gasteiger partial charge in [0.05, 0.1) is 6.61 Å². The summed E-state index contributed by atoms with van der Waals surface area (Å²) in [6.45, 7) is 1.04. The molecule has 0 radical (unpaired) electrons. The van der Waals surface area contributed by atoms with Crippen LogP contribution in [-0.2, 0) is 6.54 Å². The Balaban J connectivity index is 1.93. The van der Waals surface area contributed by atoms with Gasteiger partial charge in [0.1, 0.15) is 0 Å². The third-order valence-corrected chi connectivity index (χ3v) is 3.70. The van der Waals surface area contributed by atoms with Crippen LogP contribution in [0.2, 0.25) is 5.02 Å². The minimum atomic E-state index is -0.0420. The molecule has 1 aliphatic rings. The molecule has 1 aromatic carbocycles. The van der Waals surface area contributed by atoms with E-state index in [1.807, 2.05) is 24.3 Å². The molecule has 16 heavy (non-hydrogen) atoms. The van der Waals surface area contributed by atoms with Crippen LogP contribution >= 0.6 is 11.6 Å². The Kier molecular flexibility index (Phi) is 3.85. The average molecular weight is 240 g/mol. The van der Waals surface area contributed by atoms with Crippen LogP contribution in [-0.4, -0.2) is 17.3 Å². The van der Waals surface area contributed by atoms with E-state index in [0.717, 1.165) is 24.4 Å². The molecule has 2 nitrogen and oxygen atoms in total. The second-order valence-electron chi connectivity index (χ2n) is 4.63. The van der Waals surface area contributed by atoms with Gasteiger partial charge in [-0.3, -0.25) is 0 Å². The number of halogens is 1. The van der Waals surface area contributed by atoms with Crippen LogP contribution in [0.15, 0.2) is 24.3 Å². The van der Waals surface area contributed by atoms with E-state index >= 15 is 0 Å². The zero-order chi connectivity index (χ0) is 11.4. The summed E-state index contributed by atoms with van der Waals surface area (Å²) < 4.78 is 0. The summed E-state index contributed by atoms with van der Waals surface area (Å²) in [5.74, 6) is 0. The molecule has 0 atom stereocenters. The summed E-state index contributed by atoms with van der Waals surface area (Å²) in [6.07, 6.45) is 4.59. The second kappa shape index (κ2) is 5.17. The predicted octanol–water partition coefficient (Wildman–Crippen LogP) is 2.73. The van der Waals surface area contributed by atoms with Crippen LogP contribution < -0.4 is 5.32 Å². The Hall–Kier alpha value is -0.570. The number of rotatable bonds is 4. The molecule has 0 spiro atoms. The van der Waals surface area contributed by atoms with Gasteiger partial charge >= 0.3 is 0 Å². The van der Waals surface area contributed by atoms with Crippen LogP contribution in [0.25, 0.3) is 0 Å². The van der Waals surface area contributed by atoms with Crippen molar-refractivity contribution in [1.29, 1.82) is 0 Å². The first-order valence-corrected chi connectivity index (χ1v) is 6.22. The van der Waals surface area contributed by atoms with Gasteiger partial charge in [0.15, 0.2) is 0 Å². The monoisotopic (exact) mass is 239 g/mol. The van der Waals surface area contributed by atoms with Crippen molar-refractivity contribution in [3.05, 3.63) is 34.9 Å². The lowest BCUT2D eigenvalue weighted by Crippen LogP contribution is -2.45. The second-order valence-corrected chi connectivity index (χ2v) is 5.06. The fraction of sp³-hybridized carbons (Fsp3) is 0.538. The molecule has 0 aliphatic heterocycles. The summed E-state index contributed by atoms with van der Waals surface area (Å²) in [5, 5.41) is 13.7. The zero-order valence-electron chi connectivity index (χ0n) is 9.38. The molecule has 1 aliphatic carbocycles. The van der Waals surface area contributed by atoms with Crippen LogP contribution in [0, 0.1) is 0 Å². The molecule has 0 bridgehead atoms. The van der Waals surface area contributed by atoms with Gasteiger partial charge in [0.25, 0.3) is 0 Å². The molecule has 0 unspecified atom stereocenters. The number of hydrogen-bond acceptors (Lipinski definition) is 2. The van der Waals surface area contributed by atoms with Crippen LogP contribution in [0.1, 0.15) is 31.2 Å². The first kappa shape index (κ1) is 11.9. The lowest BCUT2D eigenvalue weighted by atomic mass is 9.98. The molecular weight excluding hydrogens is 222 g/mol. The first-order chi connectivity index (χ1) is 7.74. The molecule has 1 aromatic rings. The van der Waals surface area contributed by atoms with E-state index in [1.54, 1.807) is 0 Å². The summed E-state index contributed by atoms with van der Waals surface area (Å²) in [4.78, 5) is 0. The minimum absolute atomic E-state index is 0.0420. The number of nitrogens with one attached hydrogen (secondary N) is 1. The van der Waals surface area contributed by atoms with Crippen molar-refractivity contribution in [1.82, 2.24) is 5.32 Å². The first-order valence-electron chi connectivity index (χ1n) is 5.84. The summed E-state index contributed by atoms with van der Waals surface area (Å²) >= 11 is 5.83. The highest BCUT2D eigenvalue weighted by atomic mass is 35.5. The fourth-order valence-corrected chi connectivity index (χ4v) is 2.46. The lowest BCUT2D eigenvalue weighted by Gasteiger charge is -2.28. The van der Waals surface area contributed by atoms with E-state index in [-0.39, 0.29) is 12.1 Å². The standard InChI is InChI=1S/C13H18ClNO/c14-12-5-3-11(4-6-12)9-15-13(10-16)7-1-2-8-13/h3-6,15-16H,1-2,7-10H2. The van der Waals surface area contributed by atoms with E-state index in [2.05, 4.69) is 5.32 Å². The molecule has 0 heterocycles. The van der Waals surface area contributed by atoms with Gasteiger partial charge in [0.2, 0.25) is 0 Å².